The van der Waals surface area contributed by atoms with Crippen molar-refractivity contribution in [3.05, 3.63) is 65.5 Å². The lowest BCUT2D eigenvalue weighted by Gasteiger charge is -2.18. The molecular formula is C19H21FN2O5S2. The summed E-state index contributed by atoms with van der Waals surface area (Å²) in [6.45, 7) is 0.0932. The predicted octanol–water partition coefficient (Wildman–Crippen LogP) is 2.24. The Balaban J connectivity index is 2.09. The maximum Gasteiger partial charge on any atom is 0.335 e. The van der Waals surface area contributed by atoms with Crippen LogP contribution < -0.4 is 10.0 Å². The van der Waals surface area contributed by atoms with Crippen LogP contribution in [-0.4, -0.2) is 43.5 Å². The van der Waals surface area contributed by atoms with Crippen LogP contribution in [0.15, 0.2) is 53.4 Å². The quantitative estimate of drug-likeness (QED) is 0.522. The number of carbonyl (C=O) groups is 2. The third-order valence-electron chi connectivity index (χ3n) is 4.02. The van der Waals surface area contributed by atoms with Gasteiger partial charge in [-0.1, -0.05) is 24.3 Å². The van der Waals surface area contributed by atoms with Crippen molar-refractivity contribution in [2.45, 2.75) is 23.9 Å². The molecule has 2 aromatic carbocycles. The Morgan fingerprint density at radius 2 is 1.79 bits per heavy atom. The zero-order chi connectivity index (χ0) is 21.4. The SMILES string of the molecule is CSCC[C@H](NS(=O)(=O)c1ccccc1F)C(=O)NCc1ccc(C(=O)O)cc1. The van der Waals surface area contributed by atoms with E-state index in [-0.39, 0.29) is 18.5 Å². The van der Waals surface area contributed by atoms with E-state index in [1.165, 1.54) is 36.0 Å². The summed E-state index contributed by atoms with van der Waals surface area (Å²) >= 11 is 1.45. The molecule has 156 valence electrons. The van der Waals surface area contributed by atoms with Gasteiger partial charge in [-0.2, -0.15) is 16.5 Å². The van der Waals surface area contributed by atoms with Crippen LogP contribution >= 0.6 is 11.8 Å². The summed E-state index contributed by atoms with van der Waals surface area (Å²) < 4.78 is 41.2. The molecule has 2 aromatic rings. The van der Waals surface area contributed by atoms with Crippen molar-refractivity contribution in [1.29, 1.82) is 0 Å². The van der Waals surface area contributed by atoms with Gasteiger partial charge < -0.3 is 10.4 Å². The Hall–Kier alpha value is -2.43. The molecule has 10 heteroatoms. The number of carboxylic acid groups (broad SMARTS) is 1. The summed E-state index contributed by atoms with van der Waals surface area (Å²) in [6, 6.07) is 9.81. The van der Waals surface area contributed by atoms with E-state index in [9.17, 15) is 22.4 Å². The van der Waals surface area contributed by atoms with Crippen LogP contribution in [-0.2, 0) is 21.4 Å². The second-order valence-corrected chi connectivity index (χ2v) is 8.77. The van der Waals surface area contributed by atoms with Crippen molar-refractivity contribution >= 4 is 33.7 Å². The second-order valence-electron chi connectivity index (χ2n) is 6.11. The number of benzene rings is 2. The fraction of sp³-hybridized carbons (Fsp3) is 0.263. The van der Waals surface area contributed by atoms with E-state index in [0.29, 0.717) is 11.3 Å². The molecule has 0 spiro atoms. The lowest BCUT2D eigenvalue weighted by Crippen LogP contribution is -2.46. The van der Waals surface area contributed by atoms with E-state index in [1.807, 2.05) is 6.26 Å². The zero-order valence-electron chi connectivity index (χ0n) is 15.6. The first kappa shape index (κ1) is 22.9. The predicted molar refractivity (Wildman–Crippen MR) is 109 cm³/mol. The summed E-state index contributed by atoms with van der Waals surface area (Å²) in [7, 11) is -4.22. The normalized spacial score (nSPS) is 12.3. The highest BCUT2D eigenvalue weighted by molar-refractivity contribution is 7.98. The highest BCUT2D eigenvalue weighted by Crippen LogP contribution is 2.15. The van der Waals surface area contributed by atoms with Crippen molar-refractivity contribution in [3.63, 3.8) is 0 Å². The number of hydrogen-bond acceptors (Lipinski definition) is 5. The lowest BCUT2D eigenvalue weighted by atomic mass is 10.1. The van der Waals surface area contributed by atoms with Gasteiger partial charge in [0.1, 0.15) is 16.8 Å². The molecule has 0 fully saturated rings. The Morgan fingerprint density at radius 1 is 1.14 bits per heavy atom. The Kier molecular flexibility index (Phi) is 8.18. The molecule has 0 bridgehead atoms. The van der Waals surface area contributed by atoms with Gasteiger partial charge in [-0.05, 0) is 48.3 Å². The maximum absolute atomic E-state index is 13.9. The van der Waals surface area contributed by atoms with E-state index in [0.717, 1.165) is 12.1 Å². The fourth-order valence-electron chi connectivity index (χ4n) is 2.47. The van der Waals surface area contributed by atoms with Crippen LogP contribution in [0, 0.1) is 5.82 Å². The molecule has 29 heavy (non-hydrogen) atoms. The molecule has 0 aliphatic carbocycles. The van der Waals surface area contributed by atoms with Crippen LogP contribution in [0.4, 0.5) is 4.39 Å². The highest BCUT2D eigenvalue weighted by atomic mass is 32.2. The van der Waals surface area contributed by atoms with Gasteiger partial charge in [-0.25, -0.2) is 17.6 Å². The van der Waals surface area contributed by atoms with E-state index in [1.54, 1.807) is 12.1 Å². The van der Waals surface area contributed by atoms with Crippen molar-refractivity contribution in [3.8, 4) is 0 Å². The molecule has 0 aliphatic rings. The van der Waals surface area contributed by atoms with Crippen LogP contribution in [0.3, 0.4) is 0 Å². The van der Waals surface area contributed by atoms with Gasteiger partial charge in [-0.3, -0.25) is 4.79 Å². The molecule has 3 N–H and O–H groups in total. The number of aromatic carboxylic acids is 1. The van der Waals surface area contributed by atoms with Crippen LogP contribution in [0.25, 0.3) is 0 Å². The average molecular weight is 441 g/mol. The monoisotopic (exact) mass is 440 g/mol. The van der Waals surface area contributed by atoms with Crippen LogP contribution in [0.2, 0.25) is 0 Å². The molecule has 0 saturated heterocycles. The first-order chi connectivity index (χ1) is 13.7. The minimum atomic E-state index is -4.22. The van der Waals surface area contributed by atoms with E-state index in [4.69, 9.17) is 5.11 Å². The highest BCUT2D eigenvalue weighted by Gasteiger charge is 2.27. The molecule has 7 nitrogen and oxygen atoms in total. The molecule has 0 unspecified atom stereocenters. The zero-order valence-corrected chi connectivity index (χ0v) is 17.2. The standard InChI is InChI=1S/C19H21FN2O5S2/c1-28-11-10-16(22-29(26,27)17-5-3-2-4-15(17)20)18(23)21-12-13-6-8-14(9-7-13)19(24)25/h2-9,16,22H,10-12H2,1H3,(H,21,23)(H,24,25)/t16-/m0/s1. The van der Waals surface area contributed by atoms with Gasteiger partial charge in [0.25, 0.3) is 0 Å². The molecule has 0 heterocycles. The third-order valence-corrected chi connectivity index (χ3v) is 6.17. The second kappa shape index (κ2) is 10.4. The molecule has 2 rings (SSSR count). The Bertz CT molecular complexity index is 965. The molecule has 0 aromatic heterocycles. The van der Waals surface area contributed by atoms with Crippen molar-refractivity contribution in [2.75, 3.05) is 12.0 Å². The van der Waals surface area contributed by atoms with Gasteiger partial charge in [0, 0.05) is 6.54 Å². The maximum atomic E-state index is 13.9. The molecular weight excluding hydrogens is 419 g/mol. The van der Waals surface area contributed by atoms with Gasteiger partial charge in [0.15, 0.2) is 0 Å². The summed E-state index contributed by atoms with van der Waals surface area (Å²) in [5.41, 5.74) is 0.777. The Morgan fingerprint density at radius 3 is 2.38 bits per heavy atom. The van der Waals surface area contributed by atoms with Crippen molar-refractivity contribution in [2.24, 2.45) is 0 Å². The number of nitrogens with one attached hydrogen (secondary N) is 2. The number of halogens is 1. The van der Waals surface area contributed by atoms with Gasteiger partial charge in [-0.15, -0.1) is 0 Å². The fourth-order valence-corrected chi connectivity index (χ4v) is 4.25. The van der Waals surface area contributed by atoms with Crippen LogP contribution in [0.1, 0.15) is 22.3 Å². The summed E-state index contributed by atoms with van der Waals surface area (Å²) in [5, 5.41) is 11.5. The number of sulfonamides is 1. The van der Waals surface area contributed by atoms with E-state index < -0.39 is 38.7 Å². The van der Waals surface area contributed by atoms with Crippen LogP contribution in [0.5, 0.6) is 0 Å². The van der Waals surface area contributed by atoms with Crippen molar-refractivity contribution < 1.29 is 27.5 Å². The summed E-state index contributed by atoms with van der Waals surface area (Å²) in [4.78, 5) is 22.9. The lowest BCUT2D eigenvalue weighted by molar-refractivity contribution is -0.122. The van der Waals surface area contributed by atoms with Crippen molar-refractivity contribution in [1.82, 2.24) is 10.0 Å². The summed E-state index contributed by atoms with van der Waals surface area (Å²) in [5.74, 6) is -1.99. The topological polar surface area (TPSA) is 113 Å². The number of hydrogen-bond donors (Lipinski definition) is 3. The minimum Gasteiger partial charge on any atom is -0.478 e. The van der Waals surface area contributed by atoms with E-state index >= 15 is 0 Å². The molecule has 0 saturated carbocycles. The number of carbonyl (C=O) groups excluding carboxylic acids is 1. The number of rotatable bonds is 10. The first-order valence-electron chi connectivity index (χ1n) is 8.60. The molecule has 0 radical (unpaired) electrons. The molecule has 1 amide bonds. The third kappa shape index (κ3) is 6.55. The largest absolute Gasteiger partial charge is 0.478 e. The molecule has 0 aliphatic heterocycles. The van der Waals surface area contributed by atoms with Gasteiger partial charge in [0.05, 0.1) is 5.56 Å². The number of carboxylic acids is 1. The van der Waals surface area contributed by atoms with E-state index in [2.05, 4.69) is 10.0 Å². The first-order valence-corrected chi connectivity index (χ1v) is 11.5. The average Bonchev–Trinajstić information content (AvgIpc) is 2.69. The van der Waals surface area contributed by atoms with Gasteiger partial charge >= 0.3 is 5.97 Å². The minimum absolute atomic E-state index is 0.0932. The Labute approximate surface area is 172 Å². The number of thioether (sulfide) groups is 1. The summed E-state index contributed by atoms with van der Waals surface area (Å²) in [6.07, 6.45) is 2.04. The molecule has 1 atom stereocenters. The van der Waals surface area contributed by atoms with Gasteiger partial charge in [0.2, 0.25) is 15.9 Å². The smallest absolute Gasteiger partial charge is 0.335 e. The number of amides is 1.